The SMILES string of the molecule is CC#CCOc1ccc(C[C@H](NC(=O)[C@@H](C=CCCCCCCC(=O)CCCCCCC)[C@@](O)(CCO)C(=O)O)C(=O)OCC)cc1. The second kappa shape index (κ2) is 24.5. The Morgan fingerprint density at radius 3 is 2.17 bits per heavy atom. The van der Waals surface area contributed by atoms with E-state index in [9.17, 15) is 34.5 Å². The minimum atomic E-state index is -2.61. The molecule has 47 heavy (non-hydrogen) atoms. The normalized spacial score (nSPS) is 13.6. The molecule has 1 amide bonds. The number of hydrogen-bond donors (Lipinski definition) is 4. The molecule has 0 fully saturated rings. The number of carbonyl (C=O) groups is 4. The number of aliphatic hydroxyl groups is 2. The predicted molar refractivity (Wildman–Crippen MR) is 181 cm³/mol. The maximum atomic E-state index is 13.5. The van der Waals surface area contributed by atoms with E-state index < -0.39 is 48.4 Å². The third-order valence-corrected chi connectivity index (χ3v) is 7.86. The smallest absolute Gasteiger partial charge is 0.336 e. The second-order valence-corrected chi connectivity index (χ2v) is 11.6. The lowest BCUT2D eigenvalue weighted by Gasteiger charge is -2.30. The fourth-order valence-corrected chi connectivity index (χ4v) is 5.10. The average molecular weight is 658 g/mol. The standard InChI is InChI=1S/C37H55NO9/c1-4-7-9-12-15-18-30(40)19-16-13-10-11-14-17-20-32(37(45,25-26-39)36(43)44)34(41)38-33(35(42)46-6-3)28-29-21-23-31(24-22-29)47-27-8-5-2/h17,20-24,32-33,39,45H,4,6-7,9-16,18-19,25-28H2,1-3H3,(H,38,41)(H,43,44)/t32-,33+,37+/m1/s1. The van der Waals surface area contributed by atoms with E-state index in [2.05, 4.69) is 24.1 Å². The van der Waals surface area contributed by atoms with Gasteiger partial charge in [-0.05, 0) is 57.2 Å². The van der Waals surface area contributed by atoms with Crippen LogP contribution in [0.2, 0.25) is 0 Å². The van der Waals surface area contributed by atoms with Crippen molar-refractivity contribution in [2.24, 2.45) is 5.92 Å². The van der Waals surface area contributed by atoms with Crippen LogP contribution < -0.4 is 10.1 Å². The minimum absolute atomic E-state index is 0.0446. The largest absolute Gasteiger partial charge is 0.481 e. The highest BCUT2D eigenvalue weighted by Gasteiger charge is 2.47. The molecule has 1 aromatic rings. The summed E-state index contributed by atoms with van der Waals surface area (Å²) < 4.78 is 10.7. The molecule has 0 bridgehead atoms. The van der Waals surface area contributed by atoms with Gasteiger partial charge in [-0.25, -0.2) is 9.59 Å². The van der Waals surface area contributed by atoms with Crippen molar-refractivity contribution >= 4 is 23.6 Å². The summed E-state index contributed by atoms with van der Waals surface area (Å²) in [6, 6.07) is 5.71. The van der Waals surface area contributed by atoms with Gasteiger partial charge in [0.15, 0.2) is 5.60 Å². The molecule has 1 rings (SSSR count). The van der Waals surface area contributed by atoms with Gasteiger partial charge < -0.3 is 30.1 Å². The highest BCUT2D eigenvalue weighted by Crippen LogP contribution is 2.25. The molecule has 3 atom stereocenters. The van der Waals surface area contributed by atoms with Gasteiger partial charge in [-0.3, -0.25) is 9.59 Å². The molecule has 4 N–H and O–H groups in total. The van der Waals surface area contributed by atoms with Gasteiger partial charge in [0.1, 0.15) is 24.2 Å². The van der Waals surface area contributed by atoms with Gasteiger partial charge in [0.05, 0.1) is 12.5 Å². The Kier molecular flexibility index (Phi) is 21.5. The summed E-state index contributed by atoms with van der Waals surface area (Å²) in [6.07, 6.45) is 13.1. The van der Waals surface area contributed by atoms with E-state index in [1.807, 2.05) is 0 Å². The van der Waals surface area contributed by atoms with Crippen LogP contribution in [0.15, 0.2) is 36.4 Å². The van der Waals surface area contributed by atoms with Crippen LogP contribution in [0.25, 0.3) is 0 Å². The Labute approximate surface area is 280 Å². The number of unbranched alkanes of at least 4 members (excludes halogenated alkanes) is 8. The zero-order valence-electron chi connectivity index (χ0n) is 28.4. The Morgan fingerprint density at radius 2 is 1.60 bits per heavy atom. The summed E-state index contributed by atoms with van der Waals surface area (Å²) in [7, 11) is 0. The van der Waals surface area contributed by atoms with Crippen LogP contribution in [-0.2, 0) is 30.3 Å². The summed E-state index contributed by atoms with van der Waals surface area (Å²) in [6.45, 7) is 5.13. The van der Waals surface area contributed by atoms with Gasteiger partial charge in [0, 0.05) is 32.3 Å². The minimum Gasteiger partial charge on any atom is -0.481 e. The second-order valence-electron chi connectivity index (χ2n) is 11.6. The van der Waals surface area contributed by atoms with E-state index in [1.54, 1.807) is 44.2 Å². The fraction of sp³-hybridized carbons (Fsp3) is 0.622. The molecule has 0 saturated carbocycles. The van der Waals surface area contributed by atoms with E-state index in [1.165, 1.54) is 25.3 Å². The van der Waals surface area contributed by atoms with Crippen LogP contribution in [0.4, 0.5) is 0 Å². The first-order valence-corrected chi connectivity index (χ1v) is 17.0. The summed E-state index contributed by atoms with van der Waals surface area (Å²) >= 11 is 0. The van der Waals surface area contributed by atoms with Gasteiger partial charge in [0.2, 0.25) is 5.91 Å². The first-order chi connectivity index (χ1) is 22.6. The van der Waals surface area contributed by atoms with Gasteiger partial charge in [0.25, 0.3) is 0 Å². The number of carboxylic acids is 1. The number of aliphatic hydroxyl groups excluding tert-OH is 1. The Bertz CT molecular complexity index is 1170. The molecule has 10 heteroatoms. The first kappa shape index (κ1) is 41.3. The van der Waals surface area contributed by atoms with Crippen molar-refractivity contribution in [1.82, 2.24) is 5.32 Å². The van der Waals surface area contributed by atoms with Crippen molar-refractivity contribution in [1.29, 1.82) is 0 Å². The molecule has 0 radical (unpaired) electrons. The molecule has 0 unspecified atom stereocenters. The molecule has 0 aliphatic heterocycles. The van der Waals surface area contributed by atoms with Crippen LogP contribution in [0.3, 0.4) is 0 Å². The number of ketones is 1. The quantitative estimate of drug-likeness (QED) is 0.0448. The van der Waals surface area contributed by atoms with E-state index in [4.69, 9.17) is 9.47 Å². The van der Waals surface area contributed by atoms with Gasteiger partial charge in [-0.2, -0.15) is 0 Å². The van der Waals surface area contributed by atoms with Gasteiger partial charge in [-0.1, -0.05) is 75.7 Å². The highest BCUT2D eigenvalue weighted by molar-refractivity contribution is 5.92. The van der Waals surface area contributed by atoms with Crippen LogP contribution in [0.1, 0.15) is 110 Å². The topological polar surface area (TPSA) is 159 Å². The van der Waals surface area contributed by atoms with E-state index >= 15 is 0 Å². The number of ether oxygens (including phenoxy) is 2. The molecule has 0 aromatic heterocycles. The zero-order valence-corrected chi connectivity index (χ0v) is 28.4. The molecule has 0 heterocycles. The van der Waals surface area contributed by atoms with Gasteiger partial charge in [-0.15, -0.1) is 5.92 Å². The van der Waals surface area contributed by atoms with Crippen LogP contribution in [0, 0.1) is 17.8 Å². The molecule has 0 spiro atoms. The van der Waals surface area contributed by atoms with Crippen molar-refractivity contribution in [2.75, 3.05) is 19.8 Å². The average Bonchev–Trinajstić information content (AvgIpc) is 3.04. The lowest BCUT2D eigenvalue weighted by atomic mass is 9.83. The number of Topliss-reactive ketones (excluding diaryl/α,β-unsaturated/α-hetero) is 1. The van der Waals surface area contributed by atoms with Gasteiger partial charge >= 0.3 is 11.9 Å². The number of carbonyl (C=O) groups excluding carboxylic acids is 3. The lowest BCUT2D eigenvalue weighted by molar-refractivity contribution is -0.168. The van der Waals surface area contributed by atoms with E-state index in [0.717, 1.165) is 38.5 Å². The monoisotopic (exact) mass is 657 g/mol. The summed E-state index contributed by atoms with van der Waals surface area (Å²) in [5, 5.41) is 33.0. The molecule has 0 aliphatic carbocycles. The molecular weight excluding hydrogens is 602 g/mol. The molecule has 10 nitrogen and oxygen atoms in total. The summed E-state index contributed by atoms with van der Waals surface area (Å²) in [5.41, 5.74) is -1.92. The fourth-order valence-electron chi connectivity index (χ4n) is 5.10. The number of esters is 1. The number of carboxylic acid groups (broad SMARTS) is 1. The van der Waals surface area contributed by atoms with Crippen LogP contribution in [-0.4, -0.2) is 70.4 Å². The van der Waals surface area contributed by atoms with Crippen LogP contribution >= 0.6 is 0 Å². The molecule has 0 aliphatic rings. The highest BCUT2D eigenvalue weighted by atomic mass is 16.5. The molecule has 262 valence electrons. The summed E-state index contributed by atoms with van der Waals surface area (Å²) in [5.74, 6) is 1.58. The number of hydrogen-bond acceptors (Lipinski definition) is 8. The van der Waals surface area contributed by atoms with Crippen molar-refractivity contribution in [3.05, 3.63) is 42.0 Å². The number of allylic oxidation sites excluding steroid dienone is 1. The van der Waals surface area contributed by atoms with Crippen molar-refractivity contribution in [3.8, 4) is 17.6 Å². The predicted octanol–water partition coefficient (Wildman–Crippen LogP) is 5.32. The lowest BCUT2D eigenvalue weighted by Crippen LogP contribution is -2.55. The maximum absolute atomic E-state index is 13.5. The molecular formula is C37H55NO9. The molecule has 1 aromatic carbocycles. The third-order valence-electron chi connectivity index (χ3n) is 7.86. The summed E-state index contributed by atoms with van der Waals surface area (Å²) in [4.78, 5) is 50.6. The number of benzene rings is 1. The molecule has 0 saturated heterocycles. The zero-order chi connectivity index (χ0) is 34.9. The van der Waals surface area contributed by atoms with Crippen LogP contribution in [0.5, 0.6) is 5.75 Å². The number of amides is 1. The Balaban J connectivity index is 2.87. The number of aliphatic carboxylic acids is 1. The Hall–Kier alpha value is -3.68. The van der Waals surface area contributed by atoms with E-state index in [0.29, 0.717) is 36.4 Å². The van der Waals surface area contributed by atoms with Crippen molar-refractivity contribution < 1.29 is 44.0 Å². The number of nitrogens with one attached hydrogen (secondary N) is 1. The number of rotatable bonds is 26. The van der Waals surface area contributed by atoms with Crippen molar-refractivity contribution in [2.45, 2.75) is 122 Å². The van der Waals surface area contributed by atoms with E-state index in [-0.39, 0.29) is 19.6 Å². The first-order valence-electron chi connectivity index (χ1n) is 17.0. The maximum Gasteiger partial charge on any atom is 0.336 e. The van der Waals surface area contributed by atoms with Crippen molar-refractivity contribution in [3.63, 3.8) is 0 Å². The Morgan fingerprint density at radius 1 is 0.957 bits per heavy atom. The third kappa shape index (κ3) is 16.6.